The van der Waals surface area contributed by atoms with Crippen molar-refractivity contribution < 1.29 is 49.0 Å². The minimum absolute atomic E-state index is 0.00148. The van der Waals surface area contributed by atoms with Gasteiger partial charge in [-0.2, -0.15) is 0 Å². The summed E-state index contributed by atoms with van der Waals surface area (Å²) in [5, 5.41) is 49.1. The number of carbonyl (C=O) groups excluding carboxylic acids is 3. The molecule has 0 aromatic heterocycles. The predicted molar refractivity (Wildman–Crippen MR) is 156 cm³/mol. The van der Waals surface area contributed by atoms with Crippen LogP contribution in [0.15, 0.2) is 18.2 Å². The topological polar surface area (TPSA) is 172 Å². The van der Waals surface area contributed by atoms with E-state index in [1.807, 2.05) is 0 Å². The number of aromatic hydroxyl groups is 2. The van der Waals surface area contributed by atoms with Crippen LogP contribution in [0.4, 0.5) is 0 Å². The Morgan fingerprint density at radius 2 is 1.75 bits per heavy atom. The van der Waals surface area contributed by atoms with Gasteiger partial charge in [-0.1, -0.05) is 31.4 Å². The van der Waals surface area contributed by atoms with Crippen LogP contribution in [0.5, 0.6) is 17.2 Å². The number of phenols is 2. The molecule has 2 aromatic carbocycles. The molecule has 1 heterocycles. The summed E-state index contributed by atoms with van der Waals surface area (Å²) in [6, 6.07) is 4.40. The van der Waals surface area contributed by atoms with Crippen LogP contribution < -0.4 is 10.1 Å². The van der Waals surface area contributed by atoms with Gasteiger partial charge in [-0.3, -0.25) is 14.4 Å². The smallest absolute Gasteiger partial charge is 0.202 e. The number of aliphatic hydroxyl groups excluding tert-OH is 1. The third-order valence-corrected chi connectivity index (χ3v) is 9.81. The first kappa shape index (κ1) is 30.7. The van der Waals surface area contributed by atoms with Crippen LogP contribution in [0, 0.1) is 0 Å². The molecule has 0 amide bonds. The molecular weight excluding hydrogens is 570 g/mol. The van der Waals surface area contributed by atoms with E-state index in [0.29, 0.717) is 0 Å². The summed E-state index contributed by atoms with van der Waals surface area (Å²) in [6.07, 6.45) is 1.44. The molecule has 0 spiro atoms. The molecule has 4 unspecified atom stereocenters. The van der Waals surface area contributed by atoms with E-state index in [-0.39, 0.29) is 52.9 Å². The zero-order chi connectivity index (χ0) is 31.5. The van der Waals surface area contributed by atoms with Gasteiger partial charge < -0.3 is 40.0 Å². The molecular formula is C33H39NO10. The van der Waals surface area contributed by atoms with Crippen LogP contribution in [-0.2, 0) is 20.7 Å². The minimum Gasteiger partial charge on any atom is -0.507 e. The van der Waals surface area contributed by atoms with Crippen molar-refractivity contribution in [2.45, 2.75) is 108 Å². The van der Waals surface area contributed by atoms with Gasteiger partial charge in [0.1, 0.15) is 22.8 Å². The van der Waals surface area contributed by atoms with Crippen molar-refractivity contribution in [3.05, 3.63) is 51.6 Å². The molecule has 11 heteroatoms. The molecule has 6 atom stereocenters. The number of hydrogen-bond acceptors (Lipinski definition) is 11. The molecule has 5 N–H and O–H groups in total. The monoisotopic (exact) mass is 609 g/mol. The second-order valence-corrected chi connectivity index (χ2v) is 12.6. The summed E-state index contributed by atoms with van der Waals surface area (Å²) >= 11 is 0. The number of ether oxygens (including phenoxy) is 3. The summed E-state index contributed by atoms with van der Waals surface area (Å²) in [7, 11) is 1.36. The lowest BCUT2D eigenvalue weighted by Gasteiger charge is -2.43. The molecule has 11 nitrogen and oxygen atoms in total. The summed E-state index contributed by atoms with van der Waals surface area (Å²) in [4.78, 5) is 40.2. The van der Waals surface area contributed by atoms with Crippen LogP contribution in [0.2, 0.25) is 0 Å². The summed E-state index contributed by atoms with van der Waals surface area (Å²) in [5.41, 5.74) is -2.86. The Hall–Kier alpha value is -3.35. The first-order valence-corrected chi connectivity index (χ1v) is 15.3. The largest absolute Gasteiger partial charge is 0.507 e. The van der Waals surface area contributed by atoms with E-state index in [1.165, 1.54) is 32.6 Å². The average Bonchev–Trinajstić information content (AvgIpc) is 3.00. The SMILES string of the molecule is COc1cccc2c1C(=O)c1c(O)c3c(c(O)c1C2=O)C[C@@](O)(C(C)=O)C[C@@H]3OC1CC(NC2CCCCC2)C(O)C(C)O1. The van der Waals surface area contributed by atoms with Crippen LogP contribution in [0.1, 0.15) is 108 Å². The number of benzene rings is 2. The highest BCUT2D eigenvalue weighted by atomic mass is 16.7. The van der Waals surface area contributed by atoms with Gasteiger partial charge in [0.05, 0.1) is 42.1 Å². The number of fused-ring (bicyclic) bond motifs is 3. The second kappa shape index (κ2) is 11.5. The Morgan fingerprint density at radius 1 is 1.05 bits per heavy atom. The first-order chi connectivity index (χ1) is 20.9. The molecule has 44 heavy (non-hydrogen) atoms. The predicted octanol–water partition coefficient (Wildman–Crippen LogP) is 2.99. The average molecular weight is 610 g/mol. The Morgan fingerprint density at radius 3 is 2.43 bits per heavy atom. The fraction of sp³-hybridized carbons (Fsp3) is 0.545. The first-order valence-electron chi connectivity index (χ1n) is 15.3. The van der Waals surface area contributed by atoms with Gasteiger partial charge in [0.2, 0.25) is 5.78 Å². The number of hydrogen-bond donors (Lipinski definition) is 5. The summed E-state index contributed by atoms with van der Waals surface area (Å²) in [6.45, 7) is 2.94. The molecule has 2 aromatic rings. The fourth-order valence-electron chi connectivity index (χ4n) is 7.36. The lowest BCUT2D eigenvalue weighted by atomic mass is 9.72. The Bertz CT molecular complexity index is 1510. The van der Waals surface area contributed by atoms with Crippen molar-refractivity contribution in [2.24, 2.45) is 0 Å². The van der Waals surface area contributed by atoms with E-state index in [4.69, 9.17) is 14.2 Å². The van der Waals surface area contributed by atoms with Gasteiger partial charge in [0.15, 0.2) is 17.9 Å². The number of carbonyl (C=O) groups is 3. The number of aliphatic hydroxyl groups is 2. The zero-order valence-corrected chi connectivity index (χ0v) is 25.1. The molecule has 0 bridgehead atoms. The quantitative estimate of drug-likeness (QED) is 0.260. The Kier molecular flexibility index (Phi) is 8.04. The van der Waals surface area contributed by atoms with Gasteiger partial charge in [0, 0.05) is 48.0 Å². The third kappa shape index (κ3) is 5.00. The number of phenolic OH excluding ortho intramolecular Hbond substituents is 2. The van der Waals surface area contributed by atoms with Gasteiger partial charge in [-0.25, -0.2) is 0 Å². The van der Waals surface area contributed by atoms with Crippen LogP contribution in [0.3, 0.4) is 0 Å². The molecule has 1 aliphatic heterocycles. The number of nitrogens with one attached hydrogen (secondary N) is 1. The normalized spacial score (nSPS) is 30.3. The van der Waals surface area contributed by atoms with Crippen LogP contribution in [0.25, 0.3) is 0 Å². The highest BCUT2D eigenvalue weighted by Gasteiger charge is 2.49. The number of Topliss-reactive ketones (excluding diaryl/α,β-unsaturated/α-hetero) is 1. The molecule has 0 radical (unpaired) electrons. The summed E-state index contributed by atoms with van der Waals surface area (Å²) < 4.78 is 17.7. The molecule has 1 saturated heterocycles. The standard InChI is InChI=1S/C33H39NO10/c1-15-28(36)20(34-17-8-5-4-6-9-17)12-23(43-15)44-22-14-33(41,16(2)35)13-19-25(22)32(40)27-26(30(19)38)29(37)18-10-7-11-21(42-3)24(18)31(27)39/h7,10-11,15,17,20,22-23,28,34,36,38,40-41H,4-6,8-9,12-14H2,1-3H3/t15?,20?,22-,23?,28?,33-/m0/s1. The molecule has 1 saturated carbocycles. The maximum absolute atomic E-state index is 13.8. The van der Waals surface area contributed by atoms with Crippen molar-refractivity contribution in [2.75, 3.05) is 7.11 Å². The second-order valence-electron chi connectivity index (χ2n) is 12.6. The van der Waals surface area contributed by atoms with Crippen LogP contribution in [-0.4, -0.2) is 81.1 Å². The molecule has 2 fully saturated rings. The highest BCUT2D eigenvalue weighted by molar-refractivity contribution is 6.31. The van der Waals surface area contributed by atoms with E-state index in [9.17, 15) is 34.8 Å². The lowest BCUT2D eigenvalue weighted by Crippen LogP contribution is -2.56. The summed E-state index contributed by atoms with van der Waals surface area (Å²) in [5.74, 6) is -3.03. The molecule has 3 aliphatic carbocycles. The van der Waals surface area contributed by atoms with Crippen molar-refractivity contribution >= 4 is 17.3 Å². The van der Waals surface area contributed by atoms with Crippen LogP contribution >= 0.6 is 0 Å². The zero-order valence-electron chi connectivity index (χ0n) is 25.1. The van der Waals surface area contributed by atoms with Crippen molar-refractivity contribution in [1.29, 1.82) is 0 Å². The fourth-order valence-corrected chi connectivity index (χ4v) is 7.36. The van der Waals surface area contributed by atoms with Gasteiger partial charge in [-0.15, -0.1) is 0 Å². The number of rotatable bonds is 6. The van der Waals surface area contributed by atoms with E-state index in [2.05, 4.69) is 5.32 Å². The third-order valence-electron chi connectivity index (χ3n) is 9.81. The Labute approximate surface area is 255 Å². The van der Waals surface area contributed by atoms with Crippen molar-refractivity contribution in [3.8, 4) is 17.2 Å². The van der Waals surface area contributed by atoms with Gasteiger partial charge in [-0.05, 0) is 32.8 Å². The maximum Gasteiger partial charge on any atom is 0.202 e. The molecule has 6 rings (SSSR count). The Balaban J connectivity index is 1.41. The van der Waals surface area contributed by atoms with E-state index in [1.54, 1.807) is 13.0 Å². The van der Waals surface area contributed by atoms with Gasteiger partial charge >= 0.3 is 0 Å². The van der Waals surface area contributed by atoms with E-state index >= 15 is 0 Å². The van der Waals surface area contributed by atoms with Gasteiger partial charge in [0.25, 0.3) is 0 Å². The number of ketones is 3. The molecule has 236 valence electrons. The van der Waals surface area contributed by atoms with Crippen molar-refractivity contribution in [3.63, 3.8) is 0 Å². The van der Waals surface area contributed by atoms with E-state index < -0.39 is 76.6 Å². The minimum atomic E-state index is -1.99. The van der Waals surface area contributed by atoms with Crippen molar-refractivity contribution in [1.82, 2.24) is 5.32 Å². The molecule has 4 aliphatic rings. The maximum atomic E-state index is 13.8. The van der Waals surface area contributed by atoms with E-state index in [0.717, 1.165) is 25.7 Å². The number of methoxy groups -OCH3 is 1. The lowest BCUT2D eigenvalue weighted by molar-refractivity contribution is -0.250. The highest BCUT2D eigenvalue weighted by Crippen LogP contribution is 2.52.